The molecule has 6 heteroatoms. The van der Waals surface area contributed by atoms with Crippen LogP contribution in [0.25, 0.3) is 0 Å². The lowest BCUT2D eigenvalue weighted by atomic mass is 10.2. The number of imidazole rings is 1. The molecule has 1 aromatic carbocycles. The van der Waals surface area contributed by atoms with Crippen LogP contribution in [-0.2, 0) is 6.54 Å². The molecule has 2 amide bonds. The predicted molar refractivity (Wildman–Crippen MR) is 90.4 cm³/mol. The molecule has 3 rings (SSSR count). The first-order valence-corrected chi connectivity index (χ1v) is 8.01. The number of carbonyl (C=O) groups excluding carboxylic acids is 1. The summed E-state index contributed by atoms with van der Waals surface area (Å²) in [4.78, 5) is 20.6. The molecule has 1 fully saturated rings. The van der Waals surface area contributed by atoms with E-state index < -0.39 is 0 Å². The van der Waals surface area contributed by atoms with E-state index in [9.17, 15) is 4.79 Å². The number of urea groups is 1. The molecule has 1 aromatic heterocycles. The average Bonchev–Trinajstić information content (AvgIpc) is 3.07. The molecule has 23 heavy (non-hydrogen) atoms. The van der Waals surface area contributed by atoms with Gasteiger partial charge in [-0.25, -0.2) is 9.78 Å². The summed E-state index contributed by atoms with van der Waals surface area (Å²) in [6.07, 6.45) is 5.62. The molecule has 0 unspecified atom stereocenters. The Labute approximate surface area is 136 Å². The summed E-state index contributed by atoms with van der Waals surface area (Å²) in [5.41, 5.74) is 2.00. The number of aryl methyl sites for hydroxylation is 1. The molecule has 1 saturated heterocycles. The van der Waals surface area contributed by atoms with Crippen LogP contribution in [-0.4, -0.2) is 58.1 Å². The maximum Gasteiger partial charge on any atom is 0.321 e. The summed E-state index contributed by atoms with van der Waals surface area (Å²) in [5, 5.41) is 2.98. The van der Waals surface area contributed by atoms with E-state index in [1.54, 1.807) is 6.20 Å². The molecule has 122 valence electrons. The topological polar surface area (TPSA) is 53.4 Å². The molecule has 1 aliphatic heterocycles. The third-order valence-electron chi connectivity index (χ3n) is 4.16. The Morgan fingerprint density at radius 1 is 1.22 bits per heavy atom. The van der Waals surface area contributed by atoms with E-state index in [-0.39, 0.29) is 6.03 Å². The summed E-state index contributed by atoms with van der Waals surface area (Å²) in [6, 6.07) is 7.88. The molecular weight excluding hydrogens is 290 g/mol. The van der Waals surface area contributed by atoms with E-state index in [2.05, 4.69) is 19.8 Å². The van der Waals surface area contributed by atoms with Gasteiger partial charge in [0, 0.05) is 57.3 Å². The number of rotatable bonds is 4. The lowest BCUT2D eigenvalue weighted by Gasteiger charge is -2.34. The van der Waals surface area contributed by atoms with Gasteiger partial charge in [0.05, 0.1) is 6.33 Å². The number of hydrogen-bond donors (Lipinski definition) is 1. The number of nitrogens with zero attached hydrogens (tertiary/aromatic N) is 4. The molecule has 0 spiro atoms. The van der Waals surface area contributed by atoms with E-state index in [0.717, 1.165) is 50.5 Å². The minimum Gasteiger partial charge on any atom is -0.336 e. The molecule has 0 aliphatic carbocycles. The van der Waals surface area contributed by atoms with Crippen molar-refractivity contribution in [1.82, 2.24) is 19.4 Å². The minimum atomic E-state index is -0.00939. The summed E-state index contributed by atoms with van der Waals surface area (Å²) in [7, 11) is 0. The number of carbonyl (C=O) groups is 1. The standard InChI is InChI=1S/C17H23N5O/c1-15-3-2-4-16(13-15)19-17(23)22-11-9-20(10-12-22)7-8-21-6-5-18-14-21/h2-6,13-14H,7-12H2,1H3,(H,19,23). The van der Waals surface area contributed by atoms with Crippen LogP contribution in [0, 0.1) is 6.92 Å². The molecule has 1 N–H and O–H groups in total. The highest BCUT2D eigenvalue weighted by molar-refractivity contribution is 5.89. The molecule has 0 radical (unpaired) electrons. The van der Waals surface area contributed by atoms with Crippen LogP contribution in [0.15, 0.2) is 43.0 Å². The first-order chi connectivity index (χ1) is 11.2. The van der Waals surface area contributed by atoms with Crippen molar-refractivity contribution < 1.29 is 4.79 Å². The number of anilines is 1. The van der Waals surface area contributed by atoms with Gasteiger partial charge in [0.15, 0.2) is 0 Å². The van der Waals surface area contributed by atoms with Crippen LogP contribution in [0.1, 0.15) is 5.56 Å². The molecule has 0 atom stereocenters. The van der Waals surface area contributed by atoms with Crippen molar-refractivity contribution in [2.24, 2.45) is 0 Å². The monoisotopic (exact) mass is 313 g/mol. The van der Waals surface area contributed by atoms with E-state index in [1.165, 1.54) is 0 Å². The minimum absolute atomic E-state index is 0.00939. The molecule has 0 saturated carbocycles. The van der Waals surface area contributed by atoms with Crippen molar-refractivity contribution in [1.29, 1.82) is 0 Å². The highest BCUT2D eigenvalue weighted by atomic mass is 16.2. The van der Waals surface area contributed by atoms with Gasteiger partial charge < -0.3 is 14.8 Å². The van der Waals surface area contributed by atoms with Crippen molar-refractivity contribution in [2.75, 3.05) is 38.0 Å². The van der Waals surface area contributed by atoms with Gasteiger partial charge in [0.1, 0.15) is 0 Å². The number of piperazine rings is 1. The number of hydrogen-bond acceptors (Lipinski definition) is 3. The fourth-order valence-corrected chi connectivity index (χ4v) is 2.78. The third kappa shape index (κ3) is 4.32. The number of amides is 2. The van der Waals surface area contributed by atoms with Crippen LogP contribution >= 0.6 is 0 Å². The normalized spacial score (nSPS) is 15.6. The van der Waals surface area contributed by atoms with Crippen LogP contribution < -0.4 is 5.32 Å². The second-order valence-corrected chi connectivity index (χ2v) is 5.93. The quantitative estimate of drug-likeness (QED) is 0.940. The van der Waals surface area contributed by atoms with E-state index in [0.29, 0.717) is 0 Å². The van der Waals surface area contributed by atoms with Crippen molar-refractivity contribution in [2.45, 2.75) is 13.5 Å². The second kappa shape index (κ2) is 7.28. The summed E-state index contributed by atoms with van der Waals surface area (Å²) in [6.45, 7) is 7.31. The first-order valence-electron chi connectivity index (χ1n) is 8.01. The number of nitrogens with one attached hydrogen (secondary N) is 1. The Morgan fingerprint density at radius 3 is 2.74 bits per heavy atom. The second-order valence-electron chi connectivity index (χ2n) is 5.93. The van der Waals surface area contributed by atoms with Crippen LogP contribution in [0.5, 0.6) is 0 Å². The van der Waals surface area contributed by atoms with Crippen LogP contribution in [0.4, 0.5) is 10.5 Å². The Kier molecular flexibility index (Phi) is 4.92. The van der Waals surface area contributed by atoms with E-state index in [4.69, 9.17) is 0 Å². The zero-order valence-electron chi connectivity index (χ0n) is 13.5. The molecule has 2 heterocycles. The van der Waals surface area contributed by atoms with Crippen molar-refractivity contribution >= 4 is 11.7 Å². The molecule has 0 bridgehead atoms. The lowest BCUT2D eigenvalue weighted by molar-refractivity contribution is 0.144. The van der Waals surface area contributed by atoms with Crippen molar-refractivity contribution in [3.05, 3.63) is 48.5 Å². The fourth-order valence-electron chi connectivity index (χ4n) is 2.78. The van der Waals surface area contributed by atoms with Gasteiger partial charge in [-0.2, -0.15) is 0 Å². The number of aromatic nitrogens is 2. The summed E-state index contributed by atoms with van der Waals surface area (Å²) in [5.74, 6) is 0. The maximum absolute atomic E-state index is 12.3. The summed E-state index contributed by atoms with van der Waals surface area (Å²) < 4.78 is 2.08. The SMILES string of the molecule is Cc1cccc(NC(=O)N2CCN(CCn3ccnc3)CC2)c1. The smallest absolute Gasteiger partial charge is 0.321 e. The predicted octanol–water partition coefficient (Wildman–Crippen LogP) is 2.04. The van der Waals surface area contributed by atoms with E-state index >= 15 is 0 Å². The molecular formula is C17H23N5O. The first kappa shape index (κ1) is 15.6. The van der Waals surface area contributed by atoms with Crippen LogP contribution in [0.3, 0.4) is 0 Å². The molecule has 6 nitrogen and oxygen atoms in total. The van der Waals surface area contributed by atoms with Gasteiger partial charge in [0.25, 0.3) is 0 Å². The zero-order valence-corrected chi connectivity index (χ0v) is 13.5. The average molecular weight is 313 g/mol. The maximum atomic E-state index is 12.3. The fraction of sp³-hybridized carbons (Fsp3) is 0.412. The largest absolute Gasteiger partial charge is 0.336 e. The Hall–Kier alpha value is -2.34. The van der Waals surface area contributed by atoms with Crippen molar-refractivity contribution in [3.63, 3.8) is 0 Å². The van der Waals surface area contributed by atoms with Gasteiger partial charge >= 0.3 is 6.03 Å². The van der Waals surface area contributed by atoms with Gasteiger partial charge in [-0.15, -0.1) is 0 Å². The van der Waals surface area contributed by atoms with Crippen LogP contribution in [0.2, 0.25) is 0 Å². The Balaban J connectivity index is 1.44. The lowest BCUT2D eigenvalue weighted by Crippen LogP contribution is -2.50. The Bertz CT molecular complexity index is 632. The zero-order chi connectivity index (χ0) is 16.1. The van der Waals surface area contributed by atoms with Gasteiger partial charge in [-0.05, 0) is 24.6 Å². The molecule has 2 aromatic rings. The third-order valence-corrected chi connectivity index (χ3v) is 4.16. The molecule has 1 aliphatic rings. The number of benzene rings is 1. The van der Waals surface area contributed by atoms with Gasteiger partial charge in [-0.3, -0.25) is 4.90 Å². The highest BCUT2D eigenvalue weighted by Gasteiger charge is 2.20. The van der Waals surface area contributed by atoms with Gasteiger partial charge in [-0.1, -0.05) is 12.1 Å². The van der Waals surface area contributed by atoms with Gasteiger partial charge in [0.2, 0.25) is 0 Å². The Morgan fingerprint density at radius 2 is 2.04 bits per heavy atom. The van der Waals surface area contributed by atoms with Crippen molar-refractivity contribution in [3.8, 4) is 0 Å². The summed E-state index contributed by atoms with van der Waals surface area (Å²) >= 11 is 0. The van der Waals surface area contributed by atoms with E-state index in [1.807, 2.05) is 48.6 Å². The highest BCUT2D eigenvalue weighted by Crippen LogP contribution is 2.11.